The Bertz CT molecular complexity index is 1200. The molecule has 1 aromatic rings. The highest BCUT2D eigenvalue weighted by molar-refractivity contribution is 6.32. The van der Waals surface area contributed by atoms with Crippen LogP contribution in [0.1, 0.15) is 27.9 Å². The van der Waals surface area contributed by atoms with Gasteiger partial charge in [-0.2, -0.15) is 0 Å². The molecule has 3 aliphatic carbocycles. The first kappa shape index (κ1) is 25.9. The average Bonchev–Trinajstić information content (AvgIpc) is 2.77. The van der Waals surface area contributed by atoms with Crippen molar-refractivity contribution in [2.24, 2.45) is 29.4 Å². The highest BCUT2D eigenvalue weighted by atomic mass is 16.3. The maximum absolute atomic E-state index is 13.8. The molecule has 10 heteroatoms. The monoisotopic (exact) mass is 497 g/mol. The maximum atomic E-state index is 13.8. The molecule has 4 rings (SSSR count). The molecule has 10 nitrogen and oxygen atoms in total. The van der Waals surface area contributed by atoms with E-state index in [0.29, 0.717) is 12.1 Å². The summed E-state index contributed by atoms with van der Waals surface area (Å²) in [4.78, 5) is 69.2. The number of nitrogens with zero attached hydrogens (tertiary/aromatic N) is 2. The fraction of sp³-hybridized carbons (Fsp3) is 0.500. The van der Waals surface area contributed by atoms with Crippen molar-refractivity contribution >= 4 is 35.1 Å². The second kappa shape index (κ2) is 9.02. The number of hydrogen-bond acceptors (Lipinski definition) is 9. The Kier molecular flexibility index (Phi) is 6.48. The number of primary amides is 1. The van der Waals surface area contributed by atoms with Crippen molar-refractivity contribution in [3.05, 3.63) is 34.9 Å². The van der Waals surface area contributed by atoms with E-state index in [1.54, 1.807) is 20.2 Å². The van der Waals surface area contributed by atoms with E-state index in [-0.39, 0.29) is 24.2 Å². The quantitative estimate of drug-likeness (QED) is 0.454. The van der Waals surface area contributed by atoms with Crippen molar-refractivity contribution in [3.63, 3.8) is 0 Å². The lowest BCUT2D eigenvalue weighted by Crippen LogP contribution is -2.74. The van der Waals surface area contributed by atoms with Crippen molar-refractivity contribution in [2.45, 2.75) is 24.5 Å². The largest absolute Gasteiger partial charge is 0.507 e. The summed E-state index contributed by atoms with van der Waals surface area (Å²) in [5.74, 6) is -10.4. The van der Waals surface area contributed by atoms with Crippen LogP contribution in [0.2, 0.25) is 0 Å². The average molecular weight is 498 g/mol. The minimum atomic E-state index is -2.71. The summed E-state index contributed by atoms with van der Waals surface area (Å²) in [6, 6.07) is 1.96. The first-order valence-electron chi connectivity index (χ1n) is 11.8. The van der Waals surface area contributed by atoms with Crippen LogP contribution < -0.4 is 5.73 Å². The number of rotatable bonds is 5. The van der Waals surface area contributed by atoms with Crippen LogP contribution in [0.5, 0.6) is 5.75 Å². The molecule has 2 fully saturated rings. The third-order valence-corrected chi connectivity index (χ3v) is 7.75. The predicted octanol–water partition coefficient (Wildman–Crippen LogP) is -0.558. The number of ketones is 4. The number of likely N-dealkylation sites (N-methyl/N-ethyl adjacent to an activating group) is 2. The third kappa shape index (κ3) is 3.71. The van der Waals surface area contributed by atoms with Crippen molar-refractivity contribution in [2.75, 3.05) is 34.7 Å². The highest BCUT2D eigenvalue weighted by Crippen LogP contribution is 2.51. The van der Waals surface area contributed by atoms with Crippen molar-refractivity contribution in [1.29, 1.82) is 0 Å². The van der Waals surface area contributed by atoms with E-state index in [4.69, 9.17) is 5.73 Å². The van der Waals surface area contributed by atoms with Crippen LogP contribution >= 0.6 is 0 Å². The fourth-order valence-corrected chi connectivity index (χ4v) is 6.18. The molecule has 0 radical (unpaired) electrons. The van der Waals surface area contributed by atoms with Crippen LogP contribution in [0.4, 0.5) is 0 Å². The predicted molar refractivity (Wildman–Crippen MR) is 129 cm³/mol. The number of aromatic hydroxyl groups is 1. The Morgan fingerprint density at radius 2 is 1.81 bits per heavy atom. The summed E-state index contributed by atoms with van der Waals surface area (Å²) in [5.41, 5.74) is 3.91. The van der Waals surface area contributed by atoms with Crippen molar-refractivity contribution < 1.29 is 34.2 Å². The van der Waals surface area contributed by atoms with Gasteiger partial charge in [-0.25, -0.2) is 0 Å². The zero-order valence-corrected chi connectivity index (χ0v) is 20.7. The molecule has 1 aromatic carbocycles. The van der Waals surface area contributed by atoms with Gasteiger partial charge in [0, 0.05) is 12.5 Å². The zero-order valence-electron chi connectivity index (χ0n) is 20.7. The molecular weight excluding hydrogens is 466 g/mol. The molecule has 2 saturated carbocycles. The second-order valence-electron chi connectivity index (χ2n) is 10.5. The molecule has 0 saturated heterocycles. The standard InChI is InChI=1S/C26H31N3O7/c1-28(2)9-5-6-12-7-8-16(30)18-14(12)10-13-11-15-20(29(3)4)22(32)19(25(27)35)24(34)26(15,36)23(33)17(13)21(18)31/h5-8,13,15,17,19-20,30,36H,9-11H2,1-4H3,(H2,27,35)/b6-5+/t13-,15-,17?,19?,20-,26-/m0/s1. The minimum absolute atomic E-state index is 0.00593. The summed E-state index contributed by atoms with van der Waals surface area (Å²) in [6.45, 7) is 0.652. The molecule has 0 heterocycles. The summed E-state index contributed by atoms with van der Waals surface area (Å²) < 4.78 is 0. The molecule has 0 spiro atoms. The van der Waals surface area contributed by atoms with Gasteiger partial charge in [-0.15, -0.1) is 0 Å². The number of fused-ring (bicyclic) bond motifs is 3. The SMILES string of the molecule is CN(C)C/C=C/c1ccc(O)c2c1C[C@H]1C[C@H]3[C@H](N(C)C)C(=O)C(C(N)=O)C(=O)[C@@]3(O)C(=O)C1C2=O. The number of carbonyl (C=O) groups is 5. The Hall–Kier alpha value is -3.21. The third-order valence-electron chi connectivity index (χ3n) is 7.75. The molecule has 2 unspecified atom stereocenters. The number of amides is 1. The molecule has 0 bridgehead atoms. The summed E-state index contributed by atoms with van der Waals surface area (Å²) in [6.07, 6.45) is 4.03. The van der Waals surface area contributed by atoms with Crippen molar-refractivity contribution in [1.82, 2.24) is 9.80 Å². The smallest absolute Gasteiger partial charge is 0.235 e. The molecule has 6 atom stereocenters. The van der Waals surface area contributed by atoms with E-state index in [2.05, 4.69) is 0 Å². The Morgan fingerprint density at radius 3 is 2.39 bits per heavy atom. The van der Waals surface area contributed by atoms with Gasteiger partial charge in [0.2, 0.25) is 5.91 Å². The number of aliphatic hydroxyl groups is 1. The summed E-state index contributed by atoms with van der Waals surface area (Å²) >= 11 is 0. The highest BCUT2D eigenvalue weighted by Gasteiger charge is 2.69. The Balaban J connectivity index is 1.83. The maximum Gasteiger partial charge on any atom is 0.235 e. The number of benzene rings is 1. The topological polar surface area (TPSA) is 158 Å². The van der Waals surface area contributed by atoms with Gasteiger partial charge in [-0.3, -0.25) is 28.9 Å². The summed E-state index contributed by atoms with van der Waals surface area (Å²) in [7, 11) is 6.94. The minimum Gasteiger partial charge on any atom is -0.507 e. The Morgan fingerprint density at radius 1 is 1.14 bits per heavy atom. The first-order chi connectivity index (χ1) is 16.8. The number of carbonyl (C=O) groups excluding carboxylic acids is 5. The molecule has 36 heavy (non-hydrogen) atoms. The number of hydrogen-bond donors (Lipinski definition) is 3. The first-order valence-corrected chi connectivity index (χ1v) is 11.8. The zero-order chi connectivity index (χ0) is 26.7. The lowest BCUT2D eigenvalue weighted by atomic mass is 9.52. The van der Waals surface area contributed by atoms with Crippen LogP contribution in [-0.4, -0.2) is 95.4 Å². The number of Topliss-reactive ketones (excluding diaryl/α,β-unsaturated/α-hetero) is 4. The van der Waals surface area contributed by atoms with Gasteiger partial charge in [0.25, 0.3) is 0 Å². The second-order valence-corrected chi connectivity index (χ2v) is 10.5. The van der Waals surface area contributed by atoms with Gasteiger partial charge in [-0.1, -0.05) is 18.2 Å². The van der Waals surface area contributed by atoms with E-state index < -0.39 is 64.4 Å². The van der Waals surface area contributed by atoms with Crippen molar-refractivity contribution in [3.8, 4) is 5.75 Å². The molecule has 0 aliphatic heterocycles. The van der Waals surface area contributed by atoms with Gasteiger partial charge >= 0.3 is 0 Å². The van der Waals surface area contributed by atoms with Gasteiger partial charge < -0.3 is 20.8 Å². The fourth-order valence-electron chi connectivity index (χ4n) is 6.18. The molecule has 3 aliphatic rings. The number of phenols is 1. The molecule has 1 amide bonds. The normalized spacial score (nSPS) is 32.1. The molecule has 4 N–H and O–H groups in total. The van der Waals surface area contributed by atoms with E-state index in [9.17, 15) is 34.2 Å². The van der Waals surface area contributed by atoms with Crippen LogP contribution in [0, 0.1) is 23.7 Å². The van der Waals surface area contributed by atoms with E-state index >= 15 is 0 Å². The van der Waals surface area contributed by atoms with E-state index in [0.717, 1.165) is 5.56 Å². The Labute approximate surface area is 208 Å². The number of phenolic OH excluding ortho intramolecular Hbond substituents is 1. The van der Waals surface area contributed by atoms with Gasteiger partial charge in [0.05, 0.1) is 17.5 Å². The van der Waals surface area contributed by atoms with Crippen LogP contribution in [0.25, 0.3) is 6.08 Å². The lowest BCUT2D eigenvalue weighted by molar-refractivity contribution is -0.181. The molecule has 0 aromatic heterocycles. The van der Waals surface area contributed by atoms with Crippen LogP contribution in [0.15, 0.2) is 18.2 Å². The summed E-state index contributed by atoms with van der Waals surface area (Å²) in [5, 5.41) is 22.1. The lowest BCUT2D eigenvalue weighted by Gasteiger charge is -2.52. The molecule has 192 valence electrons. The van der Waals surface area contributed by atoms with Crippen LogP contribution in [-0.2, 0) is 25.6 Å². The van der Waals surface area contributed by atoms with E-state index in [1.165, 1.54) is 11.0 Å². The van der Waals surface area contributed by atoms with Gasteiger partial charge in [0.1, 0.15) is 5.75 Å². The van der Waals surface area contributed by atoms with Gasteiger partial charge in [-0.05, 0) is 64.1 Å². The van der Waals surface area contributed by atoms with Gasteiger partial charge in [0.15, 0.2) is 34.7 Å². The number of nitrogens with two attached hydrogens (primary N) is 1. The van der Waals surface area contributed by atoms with E-state index in [1.807, 2.05) is 31.1 Å². The molecular formula is C26H31N3O7. The van der Waals surface area contributed by atoms with Crippen LogP contribution in [0.3, 0.4) is 0 Å².